The van der Waals surface area contributed by atoms with E-state index < -0.39 is 5.41 Å². The van der Waals surface area contributed by atoms with Crippen molar-refractivity contribution in [1.29, 1.82) is 5.26 Å². The molecular weight excluding hydrogens is 516 g/mol. The van der Waals surface area contributed by atoms with Crippen LogP contribution < -0.4 is 5.01 Å². The molecule has 0 saturated carbocycles. The number of carbonyl (C=O) groups is 2. The molecule has 2 amide bonds. The first-order valence-electron chi connectivity index (χ1n) is 14.3. The maximum atomic E-state index is 13.9. The predicted octanol–water partition coefficient (Wildman–Crippen LogP) is 3.52. The van der Waals surface area contributed by atoms with Crippen molar-refractivity contribution in [2.75, 3.05) is 37.7 Å². The van der Waals surface area contributed by atoms with Gasteiger partial charge in [-0.1, -0.05) is 32.9 Å². The van der Waals surface area contributed by atoms with Gasteiger partial charge in [0.2, 0.25) is 17.6 Å². The largest absolute Gasteiger partial charge is 0.340 e. The fourth-order valence-corrected chi connectivity index (χ4v) is 6.51. The molecule has 0 aliphatic carbocycles. The van der Waals surface area contributed by atoms with E-state index in [1.807, 2.05) is 45.1 Å². The van der Waals surface area contributed by atoms with Gasteiger partial charge in [-0.2, -0.15) is 10.2 Å². The van der Waals surface area contributed by atoms with Crippen molar-refractivity contribution in [3.63, 3.8) is 0 Å². The van der Waals surface area contributed by atoms with Crippen molar-refractivity contribution < 1.29 is 9.59 Å². The van der Waals surface area contributed by atoms with Crippen molar-refractivity contribution in [3.05, 3.63) is 59.7 Å². The van der Waals surface area contributed by atoms with Gasteiger partial charge < -0.3 is 9.80 Å². The summed E-state index contributed by atoms with van der Waals surface area (Å²) < 4.78 is 0. The molecule has 6 rings (SSSR count). The average molecular weight is 553 g/mol. The van der Waals surface area contributed by atoms with Crippen molar-refractivity contribution in [1.82, 2.24) is 29.8 Å². The molecule has 3 aliphatic heterocycles. The second kappa shape index (κ2) is 10.4. The second-order valence-electron chi connectivity index (χ2n) is 12.8. The molecule has 2 saturated heterocycles. The van der Waals surface area contributed by atoms with Crippen LogP contribution in [0.2, 0.25) is 0 Å². The summed E-state index contributed by atoms with van der Waals surface area (Å²) in [6.07, 6.45) is 5.90. The number of aromatic nitrogens is 3. The van der Waals surface area contributed by atoms with Crippen LogP contribution in [-0.2, 0) is 22.7 Å². The van der Waals surface area contributed by atoms with Gasteiger partial charge >= 0.3 is 0 Å². The first kappa shape index (κ1) is 27.1. The SMILES string of the molecule is CC(C)(C)CN1c2nc(C#N)nc3cccc(c23)CN1CC(=O)N1CCCC2(CCN(Cc3ccncc3)C2=O)C1. The molecule has 10 nitrogen and oxygen atoms in total. The van der Waals surface area contributed by atoms with E-state index >= 15 is 0 Å². The highest BCUT2D eigenvalue weighted by atomic mass is 16.2. The summed E-state index contributed by atoms with van der Waals surface area (Å²) in [7, 11) is 0. The average Bonchev–Trinajstić information content (AvgIpc) is 3.24. The highest BCUT2D eigenvalue weighted by Gasteiger charge is 2.49. The van der Waals surface area contributed by atoms with Crippen LogP contribution in [0.3, 0.4) is 0 Å². The van der Waals surface area contributed by atoms with Crippen molar-refractivity contribution in [2.24, 2.45) is 10.8 Å². The molecule has 0 N–H and O–H groups in total. The first-order chi connectivity index (χ1) is 19.7. The summed E-state index contributed by atoms with van der Waals surface area (Å²) in [6.45, 7) is 10.2. The number of hydrogen-bond donors (Lipinski definition) is 0. The van der Waals surface area contributed by atoms with Crippen LogP contribution in [0.5, 0.6) is 0 Å². The lowest BCUT2D eigenvalue weighted by Gasteiger charge is -2.44. The molecule has 1 spiro atoms. The molecule has 5 heterocycles. The minimum Gasteiger partial charge on any atom is -0.340 e. The number of likely N-dealkylation sites (tertiary alicyclic amines) is 2. The van der Waals surface area contributed by atoms with Crippen molar-refractivity contribution >= 4 is 28.5 Å². The van der Waals surface area contributed by atoms with Crippen LogP contribution in [0.4, 0.5) is 5.82 Å². The van der Waals surface area contributed by atoms with E-state index in [1.54, 1.807) is 12.4 Å². The van der Waals surface area contributed by atoms with Crippen LogP contribution in [-0.4, -0.2) is 74.3 Å². The smallest absolute Gasteiger partial charge is 0.238 e. The Bertz CT molecular complexity index is 1530. The number of anilines is 1. The predicted molar refractivity (Wildman–Crippen MR) is 154 cm³/mol. The number of hydrogen-bond acceptors (Lipinski definition) is 8. The van der Waals surface area contributed by atoms with Crippen LogP contribution in [0.1, 0.15) is 57.0 Å². The summed E-state index contributed by atoms with van der Waals surface area (Å²) in [6, 6.07) is 11.9. The number of piperidine rings is 1. The molecular formula is C31H36N8O2. The van der Waals surface area contributed by atoms with Gasteiger partial charge in [-0.3, -0.25) is 19.6 Å². The maximum Gasteiger partial charge on any atom is 0.238 e. The van der Waals surface area contributed by atoms with Crippen molar-refractivity contribution in [3.8, 4) is 6.07 Å². The summed E-state index contributed by atoms with van der Waals surface area (Å²) in [5, 5.41) is 14.7. The van der Waals surface area contributed by atoms with Crippen LogP contribution in [0, 0.1) is 22.2 Å². The van der Waals surface area contributed by atoms with Gasteiger partial charge in [0.25, 0.3) is 0 Å². The molecule has 0 bridgehead atoms. The van der Waals surface area contributed by atoms with Gasteiger partial charge in [0.15, 0.2) is 5.82 Å². The lowest BCUT2D eigenvalue weighted by atomic mass is 9.78. The Hall–Kier alpha value is -4.10. The molecule has 3 aliphatic rings. The Kier molecular flexibility index (Phi) is 6.86. The van der Waals surface area contributed by atoms with Crippen LogP contribution in [0.15, 0.2) is 42.7 Å². The monoisotopic (exact) mass is 552 g/mol. The quantitative estimate of drug-likeness (QED) is 0.473. The summed E-state index contributed by atoms with van der Waals surface area (Å²) in [5.41, 5.74) is 2.23. The molecule has 3 aromatic rings. The second-order valence-corrected chi connectivity index (χ2v) is 12.8. The number of benzene rings is 1. The Labute approximate surface area is 240 Å². The van der Waals surface area contributed by atoms with Crippen molar-refractivity contribution in [2.45, 2.75) is 53.1 Å². The zero-order chi connectivity index (χ0) is 28.8. The van der Waals surface area contributed by atoms with E-state index in [9.17, 15) is 14.9 Å². The molecule has 1 aromatic carbocycles. The molecule has 0 radical (unpaired) electrons. The Balaban J connectivity index is 1.23. The van der Waals surface area contributed by atoms with E-state index in [0.717, 1.165) is 41.3 Å². The van der Waals surface area contributed by atoms with Gasteiger partial charge in [0.05, 0.1) is 17.5 Å². The zero-order valence-electron chi connectivity index (χ0n) is 24.0. The Morgan fingerprint density at radius 3 is 2.66 bits per heavy atom. The highest BCUT2D eigenvalue weighted by molar-refractivity contribution is 5.94. The van der Waals surface area contributed by atoms with E-state index in [0.29, 0.717) is 45.1 Å². The Morgan fingerprint density at radius 1 is 1.10 bits per heavy atom. The number of rotatable bonds is 5. The van der Waals surface area contributed by atoms with E-state index in [1.165, 1.54) is 0 Å². The van der Waals surface area contributed by atoms with Crippen LogP contribution in [0.25, 0.3) is 10.9 Å². The normalized spacial score (nSPS) is 21.1. The topological polar surface area (TPSA) is 110 Å². The van der Waals surface area contributed by atoms with Crippen LogP contribution >= 0.6 is 0 Å². The molecule has 1 atom stereocenters. The number of amides is 2. The summed E-state index contributed by atoms with van der Waals surface area (Å²) >= 11 is 0. The number of pyridine rings is 1. The van der Waals surface area contributed by atoms with Gasteiger partial charge in [-0.25, -0.2) is 9.99 Å². The van der Waals surface area contributed by atoms with E-state index in [2.05, 4.69) is 46.8 Å². The molecule has 1 unspecified atom stereocenters. The zero-order valence-corrected chi connectivity index (χ0v) is 24.0. The number of hydrazine groups is 1. The molecule has 2 fully saturated rings. The third-order valence-electron chi connectivity index (χ3n) is 8.42. The number of nitriles is 1. The third kappa shape index (κ3) is 5.22. The highest BCUT2D eigenvalue weighted by Crippen LogP contribution is 2.41. The van der Waals surface area contributed by atoms with Gasteiger partial charge in [-0.15, -0.1) is 0 Å². The maximum absolute atomic E-state index is 13.9. The van der Waals surface area contributed by atoms with Gasteiger partial charge in [0, 0.05) is 57.0 Å². The molecule has 2 aromatic heterocycles. The minimum absolute atomic E-state index is 0.00792. The minimum atomic E-state index is -0.513. The lowest BCUT2D eigenvalue weighted by molar-refractivity contribution is -0.144. The van der Waals surface area contributed by atoms with E-state index in [-0.39, 0.29) is 29.6 Å². The summed E-state index contributed by atoms with van der Waals surface area (Å²) in [5.74, 6) is 0.948. The Morgan fingerprint density at radius 2 is 1.90 bits per heavy atom. The molecule has 212 valence electrons. The first-order valence-corrected chi connectivity index (χ1v) is 14.3. The third-order valence-corrected chi connectivity index (χ3v) is 8.42. The number of nitrogens with zero attached hydrogens (tertiary/aromatic N) is 8. The van der Waals surface area contributed by atoms with Gasteiger partial charge in [0.1, 0.15) is 6.07 Å². The van der Waals surface area contributed by atoms with E-state index in [4.69, 9.17) is 0 Å². The fourth-order valence-electron chi connectivity index (χ4n) is 6.51. The summed E-state index contributed by atoms with van der Waals surface area (Å²) in [4.78, 5) is 44.6. The lowest BCUT2D eigenvalue weighted by Crippen LogP contribution is -2.55. The molecule has 41 heavy (non-hydrogen) atoms. The standard InChI is InChI=1S/C31H36N8O2/c1-30(2,3)20-39-28-27-23(6-4-7-24(27)34-25(16-32)35-28)18-38(39)19-26(40)37-14-5-10-31(21-37)11-15-36(29(31)41)17-22-8-12-33-13-9-22/h4,6-9,12-13H,5,10-11,14-15,17-21H2,1-3H3. The van der Waals surface area contributed by atoms with Gasteiger partial charge in [-0.05, 0) is 54.0 Å². The fraction of sp³-hybridized carbons (Fsp3) is 0.484. The number of carbonyl (C=O) groups excluding carboxylic acids is 2. The molecule has 10 heteroatoms.